The highest BCUT2D eigenvalue weighted by molar-refractivity contribution is 4.96. The number of hydrogen-bond acceptors (Lipinski definition) is 2. The van der Waals surface area contributed by atoms with Crippen LogP contribution in [-0.4, -0.2) is 29.1 Å². The zero-order valence-corrected chi connectivity index (χ0v) is 9.51. The van der Waals surface area contributed by atoms with E-state index in [-0.39, 0.29) is 5.54 Å². The van der Waals surface area contributed by atoms with Crippen molar-refractivity contribution in [1.82, 2.24) is 4.90 Å². The fraction of sp³-hybridized carbons (Fsp3) is 1.00. The van der Waals surface area contributed by atoms with E-state index in [0.717, 1.165) is 0 Å². The molecule has 0 saturated carbocycles. The topological polar surface area (TPSA) is 29.3 Å². The molecule has 0 aromatic heterocycles. The fourth-order valence-electron chi connectivity index (χ4n) is 2.34. The first-order valence-corrected chi connectivity index (χ1v) is 5.52. The first-order chi connectivity index (χ1) is 6.00. The van der Waals surface area contributed by atoms with Crippen LogP contribution in [0.2, 0.25) is 0 Å². The van der Waals surface area contributed by atoms with E-state index in [1.54, 1.807) is 0 Å². The highest BCUT2D eigenvalue weighted by Crippen LogP contribution is 2.29. The molecular weight excluding hydrogens is 160 g/mol. The summed E-state index contributed by atoms with van der Waals surface area (Å²) < 4.78 is 0. The van der Waals surface area contributed by atoms with Gasteiger partial charge in [0.1, 0.15) is 0 Å². The Morgan fingerprint density at radius 1 is 1.54 bits per heavy atom. The quantitative estimate of drug-likeness (QED) is 0.711. The maximum absolute atomic E-state index is 6.15. The van der Waals surface area contributed by atoms with Crippen molar-refractivity contribution in [2.75, 3.05) is 6.54 Å². The predicted molar refractivity (Wildman–Crippen MR) is 57.7 cm³/mol. The van der Waals surface area contributed by atoms with E-state index < -0.39 is 0 Å². The van der Waals surface area contributed by atoms with Crippen LogP contribution in [0.1, 0.15) is 47.0 Å². The molecule has 1 rings (SSSR count). The smallest absolute Gasteiger partial charge is 0.0306 e. The number of piperidine rings is 1. The third-order valence-corrected chi connectivity index (χ3v) is 3.68. The summed E-state index contributed by atoms with van der Waals surface area (Å²) in [4.78, 5) is 2.57. The van der Waals surface area contributed by atoms with Crippen molar-refractivity contribution in [2.45, 2.75) is 64.6 Å². The molecule has 2 nitrogen and oxygen atoms in total. The molecule has 0 radical (unpaired) electrons. The molecule has 1 fully saturated rings. The van der Waals surface area contributed by atoms with Gasteiger partial charge >= 0.3 is 0 Å². The van der Waals surface area contributed by atoms with Crippen LogP contribution in [0.15, 0.2) is 0 Å². The van der Waals surface area contributed by atoms with Crippen LogP contribution >= 0.6 is 0 Å². The van der Waals surface area contributed by atoms with Crippen LogP contribution in [0, 0.1) is 0 Å². The average molecular weight is 184 g/mol. The highest BCUT2D eigenvalue weighted by atomic mass is 15.2. The molecule has 78 valence electrons. The summed E-state index contributed by atoms with van der Waals surface area (Å²) in [7, 11) is 0. The molecular formula is C11H24N2. The minimum Gasteiger partial charge on any atom is -0.326 e. The van der Waals surface area contributed by atoms with Crippen molar-refractivity contribution in [3.05, 3.63) is 0 Å². The Kier molecular flexibility index (Phi) is 3.36. The van der Waals surface area contributed by atoms with Gasteiger partial charge in [-0.2, -0.15) is 0 Å². The SMILES string of the molecule is CCC(C)N1CCCC(N)C1(C)C. The molecule has 0 amide bonds. The molecule has 1 aliphatic heterocycles. The van der Waals surface area contributed by atoms with E-state index >= 15 is 0 Å². The number of rotatable bonds is 2. The van der Waals surface area contributed by atoms with Gasteiger partial charge in [0.25, 0.3) is 0 Å². The predicted octanol–water partition coefficient (Wildman–Crippen LogP) is 1.99. The molecule has 0 aliphatic carbocycles. The van der Waals surface area contributed by atoms with Crippen molar-refractivity contribution in [3.8, 4) is 0 Å². The summed E-state index contributed by atoms with van der Waals surface area (Å²) in [6.07, 6.45) is 3.66. The molecule has 2 N–H and O–H groups in total. The lowest BCUT2D eigenvalue weighted by Gasteiger charge is -2.49. The second-order valence-electron chi connectivity index (χ2n) is 4.85. The van der Waals surface area contributed by atoms with Gasteiger partial charge in [-0.3, -0.25) is 4.90 Å². The second kappa shape index (κ2) is 3.97. The zero-order valence-electron chi connectivity index (χ0n) is 9.51. The van der Waals surface area contributed by atoms with Gasteiger partial charge in [0.15, 0.2) is 0 Å². The van der Waals surface area contributed by atoms with E-state index in [1.165, 1.54) is 25.8 Å². The Bertz CT molecular complexity index is 165. The lowest BCUT2D eigenvalue weighted by molar-refractivity contribution is 0.0224. The van der Waals surface area contributed by atoms with Gasteiger partial charge in [0.05, 0.1) is 0 Å². The first kappa shape index (κ1) is 11.0. The zero-order chi connectivity index (χ0) is 10.1. The third-order valence-electron chi connectivity index (χ3n) is 3.68. The summed E-state index contributed by atoms with van der Waals surface area (Å²) in [5.41, 5.74) is 6.34. The van der Waals surface area contributed by atoms with Gasteiger partial charge in [-0.25, -0.2) is 0 Å². The maximum atomic E-state index is 6.15. The molecule has 1 aliphatic rings. The summed E-state index contributed by atoms with van der Waals surface area (Å²) in [5, 5.41) is 0. The molecule has 1 saturated heterocycles. The maximum Gasteiger partial charge on any atom is 0.0306 e. The standard InChI is InChI=1S/C11H24N2/c1-5-9(2)13-8-6-7-10(12)11(13,3)4/h9-10H,5-8,12H2,1-4H3. The van der Waals surface area contributed by atoms with E-state index in [2.05, 4.69) is 32.6 Å². The van der Waals surface area contributed by atoms with E-state index in [4.69, 9.17) is 5.73 Å². The van der Waals surface area contributed by atoms with Gasteiger partial charge in [0, 0.05) is 17.6 Å². The lowest BCUT2D eigenvalue weighted by atomic mass is 9.84. The van der Waals surface area contributed by atoms with Crippen molar-refractivity contribution in [2.24, 2.45) is 5.73 Å². The minimum atomic E-state index is 0.188. The lowest BCUT2D eigenvalue weighted by Crippen LogP contribution is -2.61. The second-order valence-corrected chi connectivity index (χ2v) is 4.85. The Hall–Kier alpha value is -0.0800. The van der Waals surface area contributed by atoms with Crippen molar-refractivity contribution < 1.29 is 0 Å². The first-order valence-electron chi connectivity index (χ1n) is 5.52. The molecule has 2 unspecified atom stereocenters. The Morgan fingerprint density at radius 2 is 2.15 bits per heavy atom. The third kappa shape index (κ3) is 2.05. The largest absolute Gasteiger partial charge is 0.326 e. The van der Waals surface area contributed by atoms with Crippen LogP contribution < -0.4 is 5.73 Å². The Labute approximate surface area is 82.5 Å². The number of likely N-dealkylation sites (tertiary alicyclic amines) is 1. The molecule has 0 aromatic carbocycles. The molecule has 13 heavy (non-hydrogen) atoms. The van der Waals surface area contributed by atoms with Gasteiger partial charge in [0.2, 0.25) is 0 Å². The molecule has 2 atom stereocenters. The van der Waals surface area contributed by atoms with Gasteiger partial charge in [-0.05, 0) is 46.6 Å². The molecule has 2 heteroatoms. The molecule has 0 bridgehead atoms. The van der Waals surface area contributed by atoms with Crippen LogP contribution in [-0.2, 0) is 0 Å². The van der Waals surface area contributed by atoms with Gasteiger partial charge in [-0.15, -0.1) is 0 Å². The van der Waals surface area contributed by atoms with Crippen molar-refractivity contribution >= 4 is 0 Å². The minimum absolute atomic E-state index is 0.188. The number of hydrogen-bond donors (Lipinski definition) is 1. The summed E-state index contributed by atoms with van der Waals surface area (Å²) in [5.74, 6) is 0. The fourth-order valence-corrected chi connectivity index (χ4v) is 2.34. The molecule has 0 spiro atoms. The monoisotopic (exact) mass is 184 g/mol. The Balaban J connectivity index is 2.71. The summed E-state index contributed by atoms with van der Waals surface area (Å²) >= 11 is 0. The van der Waals surface area contributed by atoms with Gasteiger partial charge in [-0.1, -0.05) is 6.92 Å². The van der Waals surface area contributed by atoms with E-state index in [9.17, 15) is 0 Å². The van der Waals surface area contributed by atoms with Crippen molar-refractivity contribution in [1.29, 1.82) is 0 Å². The van der Waals surface area contributed by atoms with Crippen LogP contribution in [0.3, 0.4) is 0 Å². The van der Waals surface area contributed by atoms with E-state index in [1.807, 2.05) is 0 Å². The summed E-state index contributed by atoms with van der Waals surface area (Å²) in [6, 6.07) is 1.01. The van der Waals surface area contributed by atoms with E-state index in [0.29, 0.717) is 12.1 Å². The number of nitrogens with two attached hydrogens (primary N) is 1. The number of nitrogens with zero attached hydrogens (tertiary/aromatic N) is 1. The highest BCUT2D eigenvalue weighted by Gasteiger charge is 2.37. The van der Waals surface area contributed by atoms with Crippen LogP contribution in [0.25, 0.3) is 0 Å². The van der Waals surface area contributed by atoms with Gasteiger partial charge < -0.3 is 5.73 Å². The molecule has 1 heterocycles. The van der Waals surface area contributed by atoms with Crippen LogP contribution in [0.4, 0.5) is 0 Å². The van der Waals surface area contributed by atoms with Crippen molar-refractivity contribution in [3.63, 3.8) is 0 Å². The normalized spacial score (nSPS) is 31.6. The summed E-state index contributed by atoms with van der Waals surface area (Å²) in [6.45, 7) is 10.3. The molecule has 0 aromatic rings. The van der Waals surface area contributed by atoms with Crippen LogP contribution in [0.5, 0.6) is 0 Å². The average Bonchev–Trinajstić information content (AvgIpc) is 2.08. The Morgan fingerprint density at radius 3 is 2.69 bits per heavy atom.